The zero-order valence-corrected chi connectivity index (χ0v) is 19.7. The van der Waals surface area contributed by atoms with Crippen molar-refractivity contribution in [3.63, 3.8) is 0 Å². The van der Waals surface area contributed by atoms with Crippen LogP contribution >= 0.6 is 0 Å². The molecule has 2 aliphatic heterocycles. The number of aromatic amines is 1. The summed E-state index contributed by atoms with van der Waals surface area (Å²) in [5.41, 5.74) is 2.34. The number of rotatable bonds is 5. The number of anilines is 4. The van der Waals surface area contributed by atoms with Crippen LogP contribution < -0.4 is 25.8 Å². The number of benzene rings is 3. The quantitative estimate of drug-likeness (QED) is 0.381. The molecular weight excluding hydrogens is 470 g/mol. The molecule has 2 amide bonds. The minimum Gasteiger partial charge on any atom is -0.457 e. The average Bonchev–Trinajstić information content (AvgIpc) is 3.34. The molecule has 2 aliphatic rings. The summed E-state index contributed by atoms with van der Waals surface area (Å²) in [6.45, 7) is 0.656. The fraction of sp³-hybridized carbons (Fsp3) is 0.143. The third kappa shape index (κ3) is 4.42. The predicted molar refractivity (Wildman–Crippen MR) is 140 cm³/mol. The Labute approximate surface area is 212 Å². The number of para-hydroxylation sites is 2. The molecule has 4 aromatic rings. The Kier molecular flexibility index (Phi) is 5.65. The number of H-pyrrole nitrogens is 1. The fourth-order valence-corrected chi connectivity index (χ4v) is 4.73. The molecule has 0 aliphatic carbocycles. The van der Waals surface area contributed by atoms with Crippen molar-refractivity contribution in [3.8, 4) is 11.5 Å². The van der Waals surface area contributed by atoms with Gasteiger partial charge in [0.2, 0.25) is 17.8 Å². The second-order valence-electron chi connectivity index (χ2n) is 8.92. The second kappa shape index (κ2) is 9.27. The lowest BCUT2D eigenvalue weighted by Gasteiger charge is -2.25. The first kappa shape index (κ1) is 22.5. The summed E-state index contributed by atoms with van der Waals surface area (Å²) in [5, 5.41) is 5.48. The molecule has 37 heavy (non-hydrogen) atoms. The van der Waals surface area contributed by atoms with E-state index in [9.17, 15) is 14.4 Å². The Morgan fingerprint density at radius 2 is 1.68 bits per heavy atom. The van der Waals surface area contributed by atoms with Gasteiger partial charge in [0.05, 0.1) is 11.5 Å². The van der Waals surface area contributed by atoms with Gasteiger partial charge in [-0.3, -0.25) is 19.4 Å². The Balaban J connectivity index is 1.23. The monoisotopic (exact) mass is 493 g/mol. The first-order valence-corrected chi connectivity index (χ1v) is 12.0. The molecule has 184 valence electrons. The van der Waals surface area contributed by atoms with Gasteiger partial charge in [-0.1, -0.05) is 36.4 Å². The van der Waals surface area contributed by atoms with Crippen LogP contribution in [0.3, 0.4) is 0 Å². The molecule has 9 nitrogen and oxygen atoms in total. The van der Waals surface area contributed by atoms with Gasteiger partial charge in [-0.25, -0.2) is 0 Å². The normalized spacial score (nSPS) is 15.9. The lowest BCUT2D eigenvalue weighted by Crippen LogP contribution is -2.37. The van der Waals surface area contributed by atoms with Crippen LogP contribution in [0.1, 0.15) is 23.5 Å². The maximum atomic E-state index is 13.2. The minimum atomic E-state index is -0.972. The van der Waals surface area contributed by atoms with E-state index in [4.69, 9.17) is 4.74 Å². The van der Waals surface area contributed by atoms with E-state index in [1.54, 1.807) is 24.3 Å². The first-order chi connectivity index (χ1) is 18.0. The Bertz CT molecular complexity index is 1550. The topological polar surface area (TPSA) is 116 Å². The Morgan fingerprint density at radius 3 is 2.49 bits per heavy atom. The number of hydrogen-bond acceptors (Lipinski definition) is 6. The number of carbonyl (C=O) groups excluding carboxylic acids is 2. The summed E-state index contributed by atoms with van der Waals surface area (Å²) in [4.78, 5) is 48.1. The van der Waals surface area contributed by atoms with Crippen LogP contribution in [0.15, 0.2) is 83.7 Å². The highest BCUT2D eigenvalue weighted by Gasteiger charge is 2.35. The van der Waals surface area contributed by atoms with Gasteiger partial charge >= 0.3 is 0 Å². The van der Waals surface area contributed by atoms with Crippen molar-refractivity contribution in [2.24, 2.45) is 0 Å². The van der Waals surface area contributed by atoms with Gasteiger partial charge in [-0.05, 0) is 54.4 Å². The van der Waals surface area contributed by atoms with Gasteiger partial charge in [0.1, 0.15) is 17.3 Å². The standard InChI is InChI=1S/C28H23N5O4/c34-23-16-21(26(35)29-18-10-12-20(13-11-18)37-19-7-2-1-3-8-19)24-25(30-23)31-28(32-27(24)36)33-15-14-17-6-4-5-9-22(17)33/h1-13,21H,14-16H2,(H,29,35)(H2,30,31,32,34,36). The summed E-state index contributed by atoms with van der Waals surface area (Å²) in [6.07, 6.45) is 0.675. The van der Waals surface area contributed by atoms with Gasteiger partial charge < -0.3 is 20.3 Å². The van der Waals surface area contributed by atoms with E-state index >= 15 is 0 Å². The van der Waals surface area contributed by atoms with E-state index in [2.05, 4.69) is 20.6 Å². The molecule has 0 spiro atoms. The van der Waals surface area contributed by atoms with Crippen molar-refractivity contribution in [3.05, 3.63) is 100 Å². The largest absolute Gasteiger partial charge is 0.457 e. The van der Waals surface area contributed by atoms with Gasteiger partial charge in [0.25, 0.3) is 5.56 Å². The van der Waals surface area contributed by atoms with Gasteiger partial charge in [-0.15, -0.1) is 0 Å². The number of carbonyl (C=O) groups is 2. The number of aromatic nitrogens is 2. The van der Waals surface area contributed by atoms with Crippen molar-refractivity contribution in [2.75, 3.05) is 22.1 Å². The maximum Gasteiger partial charge on any atom is 0.258 e. The maximum absolute atomic E-state index is 13.2. The van der Waals surface area contributed by atoms with Crippen molar-refractivity contribution in [1.29, 1.82) is 0 Å². The van der Waals surface area contributed by atoms with Gasteiger partial charge in [-0.2, -0.15) is 4.98 Å². The molecule has 0 saturated heterocycles. The molecule has 3 N–H and O–H groups in total. The molecule has 3 heterocycles. The average molecular weight is 494 g/mol. The SMILES string of the molecule is O=C1CC(C(=O)Nc2ccc(Oc3ccccc3)cc2)c2c(nc(N3CCc4ccccc43)[nH]c2=O)N1. The van der Waals surface area contributed by atoms with Crippen molar-refractivity contribution in [2.45, 2.75) is 18.8 Å². The number of nitrogens with zero attached hydrogens (tertiary/aromatic N) is 2. The summed E-state index contributed by atoms with van der Waals surface area (Å²) in [7, 11) is 0. The number of amides is 2. The highest BCUT2D eigenvalue weighted by Crippen LogP contribution is 2.35. The van der Waals surface area contributed by atoms with Crippen molar-refractivity contribution < 1.29 is 14.3 Å². The van der Waals surface area contributed by atoms with E-state index in [-0.39, 0.29) is 23.7 Å². The number of fused-ring (bicyclic) bond motifs is 2. The Morgan fingerprint density at radius 1 is 0.946 bits per heavy atom. The lowest BCUT2D eigenvalue weighted by molar-refractivity contribution is -0.123. The molecule has 0 fully saturated rings. The third-order valence-electron chi connectivity index (χ3n) is 6.50. The fourth-order valence-electron chi connectivity index (χ4n) is 4.73. The molecule has 9 heteroatoms. The van der Waals surface area contributed by atoms with Crippen LogP contribution in [0, 0.1) is 0 Å². The second-order valence-corrected chi connectivity index (χ2v) is 8.92. The minimum absolute atomic E-state index is 0.117. The van der Waals surface area contributed by atoms with Crippen LogP contribution in [0.25, 0.3) is 0 Å². The number of hydrogen-bond donors (Lipinski definition) is 3. The predicted octanol–water partition coefficient (Wildman–Crippen LogP) is 4.32. The molecule has 0 saturated carbocycles. The van der Waals surface area contributed by atoms with E-state index in [1.165, 1.54) is 0 Å². The highest BCUT2D eigenvalue weighted by atomic mass is 16.5. The summed E-state index contributed by atoms with van der Waals surface area (Å²) in [6, 6.07) is 24.1. The van der Waals surface area contributed by atoms with Crippen molar-refractivity contribution in [1.82, 2.24) is 9.97 Å². The van der Waals surface area contributed by atoms with Gasteiger partial charge in [0.15, 0.2) is 0 Å². The van der Waals surface area contributed by atoms with Crippen LogP contribution in [0.4, 0.5) is 23.1 Å². The molecule has 1 atom stereocenters. The van der Waals surface area contributed by atoms with E-state index in [1.807, 2.05) is 59.5 Å². The molecule has 0 radical (unpaired) electrons. The van der Waals surface area contributed by atoms with Crippen LogP contribution in [-0.4, -0.2) is 28.3 Å². The molecular formula is C28H23N5O4. The molecule has 0 bridgehead atoms. The van der Waals surface area contributed by atoms with Crippen LogP contribution in [0.2, 0.25) is 0 Å². The molecule has 1 unspecified atom stereocenters. The van der Waals surface area contributed by atoms with Crippen LogP contribution in [-0.2, 0) is 16.0 Å². The van der Waals surface area contributed by atoms with Crippen LogP contribution in [0.5, 0.6) is 11.5 Å². The molecule has 1 aromatic heterocycles. The smallest absolute Gasteiger partial charge is 0.258 e. The molecule has 3 aromatic carbocycles. The van der Waals surface area contributed by atoms with Crippen molar-refractivity contribution >= 4 is 35.0 Å². The summed E-state index contributed by atoms with van der Waals surface area (Å²) < 4.78 is 5.78. The number of nitrogens with one attached hydrogen (secondary N) is 3. The van der Waals surface area contributed by atoms with E-state index in [0.29, 0.717) is 29.7 Å². The van der Waals surface area contributed by atoms with E-state index in [0.717, 1.165) is 17.7 Å². The van der Waals surface area contributed by atoms with Gasteiger partial charge in [0, 0.05) is 24.3 Å². The molecule has 6 rings (SSSR count). The summed E-state index contributed by atoms with van der Waals surface area (Å²) in [5.74, 6) is -0.0317. The zero-order chi connectivity index (χ0) is 25.4. The Hall–Kier alpha value is -4.92. The lowest BCUT2D eigenvalue weighted by atomic mass is 9.92. The number of ether oxygens (including phenoxy) is 1. The third-order valence-corrected chi connectivity index (χ3v) is 6.50. The zero-order valence-electron chi connectivity index (χ0n) is 19.7. The first-order valence-electron chi connectivity index (χ1n) is 12.0. The van der Waals surface area contributed by atoms with E-state index < -0.39 is 17.4 Å². The summed E-state index contributed by atoms with van der Waals surface area (Å²) >= 11 is 0. The highest BCUT2D eigenvalue weighted by molar-refractivity contribution is 6.04.